The molecular formula is C9H12O4S. The Bertz CT molecular complexity index is 397. The van der Waals surface area contributed by atoms with Crippen LogP contribution in [-0.2, 0) is 19.1 Å². The molecular weight excluding hydrogens is 204 g/mol. The van der Waals surface area contributed by atoms with E-state index in [4.69, 9.17) is 4.18 Å². The Morgan fingerprint density at radius 1 is 1.36 bits per heavy atom. The van der Waals surface area contributed by atoms with E-state index < -0.39 is 15.4 Å². The van der Waals surface area contributed by atoms with Crippen LogP contribution in [-0.4, -0.2) is 25.6 Å². The van der Waals surface area contributed by atoms with Gasteiger partial charge >= 0.3 is 0 Å². The van der Waals surface area contributed by atoms with Crippen LogP contribution in [0.5, 0.6) is 0 Å². The molecule has 2 bridgehead atoms. The minimum atomic E-state index is -3.45. The summed E-state index contributed by atoms with van der Waals surface area (Å²) in [6.45, 7) is 1.49. The predicted molar refractivity (Wildman–Crippen MR) is 48.0 cm³/mol. The topological polar surface area (TPSA) is 60.4 Å². The molecule has 14 heavy (non-hydrogen) atoms. The lowest BCUT2D eigenvalue weighted by atomic mass is 9.84. The molecule has 0 aromatic carbocycles. The van der Waals surface area contributed by atoms with Crippen LogP contribution >= 0.6 is 0 Å². The van der Waals surface area contributed by atoms with Gasteiger partial charge in [-0.15, -0.1) is 0 Å². The SMILES string of the molecule is CC(=O)C1C2CC3OS(=O)(=O)C1C3C2. The Hall–Kier alpha value is -0.420. The van der Waals surface area contributed by atoms with Gasteiger partial charge in [-0.1, -0.05) is 0 Å². The van der Waals surface area contributed by atoms with E-state index in [1.165, 1.54) is 6.92 Å². The molecule has 1 heterocycles. The molecule has 0 spiro atoms. The van der Waals surface area contributed by atoms with Gasteiger partial charge in [-0.05, 0) is 25.7 Å². The number of fused-ring (bicyclic) bond motifs is 1. The maximum absolute atomic E-state index is 11.6. The average molecular weight is 216 g/mol. The summed E-state index contributed by atoms with van der Waals surface area (Å²) in [5.74, 6) is 0.0717. The molecule has 5 atom stereocenters. The Labute approximate surface area is 82.8 Å². The zero-order valence-corrected chi connectivity index (χ0v) is 8.66. The first-order chi connectivity index (χ1) is 6.50. The van der Waals surface area contributed by atoms with Gasteiger partial charge in [0, 0.05) is 11.8 Å². The standard InChI is InChI=1S/C9H12O4S/c1-4(10)8-5-2-6-7(3-5)13-14(11,12)9(6)8/h5-9H,2-3H2,1H3. The molecule has 5 unspecified atom stereocenters. The summed E-state index contributed by atoms with van der Waals surface area (Å²) in [6.07, 6.45) is 1.49. The molecule has 3 fully saturated rings. The van der Waals surface area contributed by atoms with Crippen LogP contribution in [0.1, 0.15) is 19.8 Å². The second kappa shape index (κ2) is 2.39. The second-order valence-corrected chi connectivity index (χ2v) is 6.35. The Balaban J connectivity index is 2.10. The van der Waals surface area contributed by atoms with Gasteiger partial charge in [-0.3, -0.25) is 8.98 Å². The molecule has 78 valence electrons. The molecule has 0 aromatic heterocycles. The average Bonchev–Trinajstić information content (AvgIpc) is 2.60. The van der Waals surface area contributed by atoms with Crippen molar-refractivity contribution in [2.24, 2.45) is 17.8 Å². The van der Waals surface area contributed by atoms with Crippen molar-refractivity contribution in [3.05, 3.63) is 0 Å². The largest absolute Gasteiger partial charge is 0.300 e. The van der Waals surface area contributed by atoms with Gasteiger partial charge in [0.1, 0.15) is 11.0 Å². The first kappa shape index (κ1) is 8.85. The smallest absolute Gasteiger partial charge is 0.271 e. The molecule has 0 N–H and O–H groups in total. The lowest BCUT2D eigenvalue weighted by Gasteiger charge is -2.21. The van der Waals surface area contributed by atoms with Crippen LogP contribution < -0.4 is 0 Å². The highest BCUT2D eigenvalue weighted by atomic mass is 32.2. The zero-order valence-electron chi connectivity index (χ0n) is 7.84. The van der Waals surface area contributed by atoms with E-state index in [0.717, 1.165) is 12.8 Å². The molecule has 1 aliphatic heterocycles. The maximum Gasteiger partial charge on any atom is 0.271 e. The van der Waals surface area contributed by atoms with Gasteiger partial charge in [-0.2, -0.15) is 8.42 Å². The summed E-state index contributed by atoms with van der Waals surface area (Å²) in [6, 6.07) is 0. The monoisotopic (exact) mass is 216 g/mol. The van der Waals surface area contributed by atoms with E-state index in [9.17, 15) is 13.2 Å². The van der Waals surface area contributed by atoms with Gasteiger partial charge in [0.25, 0.3) is 10.1 Å². The molecule has 3 rings (SSSR count). The quantitative estimate of drug-likeness (QED) is 0.593. The molecule has 3 aliphatic rings. The number of carbonyl (C=O) groups excluding carboxylic acids is 1. The third-order valence-electron chi connectivity index (χ3n) is 3.93. The molecule has 2 aliphatic carbocycles. The molecule has 4 nitrogen and oxygen atoms in total. The van der Waals surface area contributed by atoms with Crippen molar-refractivity contribution in [3.63, 3.8) is 0 Å². The first-order valence-corrected chi connectivity index (χ1v) is 6.40. The molecule has 0 amide bonds. The fraction of sp³-hybridized carbons (Fsp3) is 0.889. The lowest BCUT2D eigenvalue weighted by Crippen LogP contribution is -2.35. The summed E-state index contributed by atoms with van der Waals surface area (Å²) in [7, 11) is -3.45. The van der Waals surface area contributed by atoms with E-state index in [0.29, 0.717) is 0 Å². The fourth-order valence-corrected chi connectivity index (χ4v) is 5.73. The summed E-state index contributed by atoms with van der Waals surface area (Å²) in [5.41, 5.74) is 0. The number of Topliss-reactive ketones (excluding diaryl/α,β-unsaturated/α-hetero) is 1. The number of hydrogen-bond donors (Lipinski definition) is 0. The summed E-state index contributed by atoms with van der Waals surface area (Å²) >= 11 is 0. The fourth-order valence-electron chi connectivity index (χ4n) is 3.55. The second-order valence-electron chi connectivity index (χ2n) is 4.62. The van der Waals surface area contributed by atoms with E-state index in [1.807, 2.05) is 0 Å². The zero-order chi connectivity index (χ0) is 10.1. The van der Waals surface area contributed by atoms with Crippen LogP contribution in [0.4, 0.5) is 0 Å². The van der Waals surface area contributed by atoms with Crippen LogP contribution in [0.25, 0.3) is 0 Å². The van der Waals surface area contributed by atoms with Crippen molar-refractivity contribution in [3.8, 4) is 0 Å². The molecule has 0 radical (unpaired) electrons. The molecule has 1 saturated heterocycles. The minimum Gasteiger partial charge on any atom is -0.300 e. The highest BCUT2D eigenvalue weighted by Gasteiger charge is 2.65. The van der Waals surface area contributed by atoms with Gasteiger partial charge in [0.15, 0.2) is 0 Å². The normalized spacial score (nSPS) is 52.5. The molecule has 0 aromatic rings. The number of rotatable bonds is 1. The molecule has 5 heteroatoms. The van der Waals surface area contributed by atoms with Crippen LogP contribution in [0, 0.1) is 17.8 Å². The van der Waals surface area contributed by atoms with Crippen molar-refractivity contribution in [1.29, 1.82) is 0 Å². The van der Waals surface area contributed by atoms with Crippen molar-refractivity contribution < 1.29 is 17.4 Å². The van der Waals surface area contributed by atoms with E-state index in [2.05, 4.69) is 0 Å². The van der Waals surface area contributed by atoms with Crippen LogP contribution in [0.2, 0.25) is 0 Å². The number of ketones is 1. The third kappa shape index (κ3) is 0.871. The van der Waals surface area contributed by atoms with E-state index >= 15 is 0 Å². The first-order valence-electron chi connectivity index (χ1n) is 4.93. The third-order valence-corrected chi connectivity index (χ3v) is 5.76. The summed E-state index contributed by atoms with van der Waals surface area (Å²) < 4.78 is 28.3. The number of carbonyl (C=O) groups is 1. The van der Waals surface area contributed by atoms with E-state index in [-0.39, 0.29) is 29.6 Å². The van der Waals surface area contributed by atoms with Gasteiger partial charge < -0.3 is 0 Å². The van der Waals surface area contributed by atoms with Gasteiger partial charge in [-0.25, -0.2) is 0 Å². The van der Waals surface area contributed by atoms with Crippen LogP contribution in [0.15, 0.2) is 0 Å². The minimum absolute atomic E-state index is 0.00928. The number of hydrogen-bond acceptors (Lipinski definition) is 4. The van der Waals surface area contributed by atoms with Crippen molar-refractivity contribution in [2.75, 3.05) is 0 Å². The predicted octanol–water partition coefficient (Wildman–Crippen LogP) is 0.329. The highest BCUT2D eigenvalue weighted by molar-refractivity contribution is 7.87. The lowest BCUT2D eigenvalue weighted by molar-refractivity contribution is -0.122. The molecule has 2 saturated carbocycles. The Morgan fingerprint density at radius 3 is 2.71 bits per heavy atom. The Kier molecular flexibility index (Phi) is 1.51. The van der Waals surface area contributed by atoms with Gasteiger partial charge in [0.2, 0.25) is 0 Å². The van der Waals surface area contributed by atoms with Crippen LogP contribution in [0.3, 0.4) is 0 Å². The Morgan fingerprint density at radius 2 is 2.07 bits per heavy atom. The maximum atomic E-state index is 11.6. The van der Waals surface area contributed by atoms with Crippen molar-refractivity contribution in [2.45, 2.75) is 31.1 Å². The summed E-state index contributed by atoms with van der Waals surface area (Å²) in [4.78, 5) is 11.4. The summed E-state index contributed by atoms with van der Waals surface area (Å²) in [5, 5.41) is -0.524. The van der Waals surface area contributed by atoms with E-state index in [1.54, 1.807) is 0 Å². The van der Waals surface area contributed by atoms with Crippen molar-refractivity contribution in [1.82, 2.24) is 0 Å². The van der Waals surface area contributed by atoms with Gasteiger partial charge in [0.05, 0.1) is 6.10 Å². The highest BCUT2D eigenvalue weighted by Crippen LogP contribution is 2.57. The van der Waals surface area contributed by atoms with Crippen molar-refractivity contribution >= 4 is 15.9 Å².